The van der Waals surface area contributed by atoms with Crippen LogP contribution in [0.2, 0.25) is 0 Å². The summed E-state index contributed by atoms with van der Waals surface area (Å²) in [6.45, 7) is 7.44. The number of hydrogen-bond acceptors (Lipinski definition) is 3. The first-order valence-electron chi connectivity index (χ1n) is 6.43. The topological polar surface area (TPSA) is 36.4 Å². The van der Waals surface area contributed by atoms with Crippen molar-refractivity contribution in [3.8, 4) is 0 Å². The standard InChI is InChI=1S/C14H24N2O/c1-5-11(3)10-16(4)12-7-8-13(15-9-12)14(17)6-2/h7-9,11,14,17H,5-6,10H2,1-4H3/t11?,14-/m1/s1. The molecule has 1 aromatic rings. The Balaban J connectivity index is 2.66. The largest absolute Gasteiger partial charge is 0.387 e. The number of aliphatic hydroxyl groups excluding tert-OH is 1. The molecular weight excluding hydrogens is 212 g/mol. The van der Waals surface area contributed by atoms with Crippen molar-refractivity contribution in [1.29, 1.82) is 0 Å². The van der Waals surface area contributed by atoms with E-state index in [-0.39, 0.29) is 0 Å². The van der Waals surface area contributed by atoms with Crippen LogP contribution in [0.4, 0.5) is 5.69 Å². The summed E-state index contributed by atoms with van der Waals surface area (Å²) in [6, 6.07) is 3.94. The number of anilines is 1. The van der Waals surface area contributed by atoms with Gasteiger partial charge in [0.2, 0.25) is 0 Å². The van der Waals surface area contributed by atoms with Gasteiger partial charge in [-0.05, 0) is 24.5 Å². The SMILES string of the molecule is CCC(C)CN(C)c1ccc([C@H](O)CC)nc1. The van der Waals surface area contributed by atoms with Crippen molar-refractivity contribution in [2.75, 3.05) is 18.5 Å². The first-order valence-corrected chi connectivity index (χ1v) is 6.43. The van der Waals surface area contributed by atoms with Gasteiger partial charge in [0.05, 0.1) is 23.7 Å². The number of nitrogens with zero attached hydrogens (tertiary/aromatic N) is 2. The van der Waals surface area contributed by atoms with Crippen LogP contribution in [0.15, 0.2) is 18.3 Å². The minimum Gasteiger partial charge on any atom is -0.387 e. The Kier molecular flexibility index (Phi) is 5.42. The van der Waals surface area contributed by atoms with Crippen LogP contribution >= 0.6 is 0 Å². The molecule has 0 spiro atoms. The third-order valence-corrected chi connectivity index (χ3v) is 3.22. The second-order valence-electron chi connectivity index (χ2n) is 4.76. The molecule has 1 rings (SSSR count). The second kappa shape index (κ2) is 6.60. The number of aliphatic hydroxyl groups is 1. The molecule has 0 radical (unpaired) electrons. The van der Waals surface area contributed by atoms with E-state index in [1.165, 1.54) is 6.42 Å². The van der Waals surface area contributed by atoms with Crippen molar-refractivity contribution in [1.82, 2.24) is 4.98 Å². The zero-order valence-corrected chi connectivity index (χ0v) is 11.3. The molecule has 1 N–H and O–H groups in total. The van der Waals surface area contributed by atoms with E-state index in [0.29, 0.717) is 12.3 Å². The smallest absolute Gasteiger partial charge is 0.0957 e. The average Bonchev–Trinajstić information content (AvgIpc) is 2.37. The molecule has 2 atom stereocenters. The van der Waals surface area contributed by atoms with E-state index < -0.39 is 6.10 Å². The van der Waals surface area contributed by atoms with E-state index in [9.17, 15) is 5.11 Å². The Bertz CT molecular complexity index is 323. The molecule has 1 aromatic heterocycles. The highest BCUT2D eigenvalue weighted by Gasteiger charge is 2.09. The Hall–Kier alpha value is -1.09. The van der Waals surface area contributed by atoms with E-state index in [0.717, 1.165) is 17.9 Å². The van der Waals surface area contributed by atoms with Crippen LogP contribution in [0.25, 0.3) is 0 Å². The summed E-state index contributed by atoms with van der Waals surface area (Å²) >= 11 is 0. The lowest BCUT2D eigenvalue weighted by Gasteiger charge is -2.22. The lowest BCUT2D eigenvalue weighted by atomic mass is 10.1. The van der Waals surface area contributed by atoms with Gasteiger partial charge >= 0.3 is 0 Å². The second-order valence-corrected chi connectivity index (χ2v) is 4.76. The lowest BCUT2D eigenvalue weighted by molar-refractivity contribution is 0.169. The van der Waals surface area contributed by atoms with E-state index in [1.54, 1.807) is 0 Å². The molecule has 0 aliphatic carbocycles. The van der Waals surface area contributed by atoms with Crippen LogP contribution in [-0.2, 0) is 0 Å². The Morgan fingerprint density at radius 1 is 1.29 bits per heavy atom. The fourth-order valence-corrected chi connectivity index (χ4v) is 1.73. The molecule has 0 saturated carbocycles. The monoisotopic (exact) mass is 236 g/mol. The van der Waals surface area contributed by atoms with Crippen LogP contribution in [0, 0.1) is 5.92 Å². The number of rotatable bonds is 6. The Labute approximate surface area is 104 Å². The van der Waals surface area contributed by atoms with Gasteiger partial charge in [-0.2, -0.15) is 0 Å². The summed E-state index contributed by atoms with van der Waals surface area (Å²) in [5.74, 6) is 0.681. The maximum atomic E-state index is 9.67. The van der Waals surface area contributed by atoms with Crippen LogP contribution in [0.1, 0.15) is 45.4 Å². The molecule has 0 amide bonds. The van der Waals surface area contributed by atoms with Crippen molar-refractivity contribution < 1.29 is 5.11 Å². The number of hydrogen-bond donors (Lipinski definition) is 1. The highest BCUT2D eigenvalue weighted by atomic mass is 16.3. The maximum absolute atomic E-state index is 9.67. The third-order valence-electron chi connectivity index (χ3n) is 3.22. The molecule has 0 aliphatic heterocycles. The van der Waals surface area contributed by atoms with Crippen LogP contribution in [-0.4, -0.2) is 23.7 Å². The molecule has 3 heteroatoms. The normalized spacial score (nSPS) is 14.4. The Morgan fingerprint density at radius 3 is 2.47 bits per heavy atom. The first-order chi connectivity index (χ1) is 8.08. The van der Waals surface area contributed by atoms with Gasteiger partial charge in [-0.1, -0.05) is 27.2 Å². The maximum Gasteiger partial charge on any atom is 0.0957 e. The summed E-state index contributed by atoms with van der Waals surface area (Å²) in [5, 5.41) is 9.67. The summed E-state index contributed by atoms with van der Waals surface area (Å²) < 4.78 is 0. The zero-order chi connectivity index (χ0) is 12.8. The summed E-state index contributed by atoms with van der Waals surface area (Å²) in [6.07, 6.45) is 3.29. The quantitative estimate of drug-likeness (QED) is 0.825. The van der Waals surface area contributed by atoms with Gasteiger partial charge in [0, 0.05) is 13.6 Å². The molecule has 96 valence electrons. The molecule has 0 saturated heterocycles. The highest BCUT2D eigenvalue weighted by molar-refractivity contribution is 5.43. The van der Waals surface area contributed by atoms with Gasteiger partial charge in [-0.3, -0.25) is 4.98 Å². The van der Waals surface area contributed by atoms with Crippen molar-refractivity contribution in [2.24, 2.45) is 5.92 Å². The lowest BCUT2D eigenvalue weighted by Crippen LogP contribution is -2.23. The van der Waals surface area contributed by atoms with Crippen molar-refractivity contribution in [2.45, 2.75) is 39.7 Å². The van der Waals surface area contributed by atoms with Crippen LogP contribution in [0.3, 0.4) is 0 Å². The summed E-state index contributed by atoms with van der Waals surface area (Å²) in [5.41, 5.74) is 1.87. The Morgan fingerprint density at radius 2 is 2.00 bits per heavy atom. The zero-order valence-electron chi connectivity index (χ0n) is 11.3. The molecule has 3 nitrogen and oxygen atoms in total. The molecule has 1 unspecified atom stereocenters. The first kappa shape index (κ1) is 14.0. The number of aromatic nitrogens is 1. The van der Waals surface area contributed by atoms with Gasteiger partial charge in [0.1, 0.15) is 0 Å². The van der Waals surface area contributed by atoms with Crippen LogP contribution in [0.5, 0.6) is 0 Å². The number of pyridine rings is 1. The average molecular weight is 236 g/mol. The van der Waals surface area contributed by atoms with E-state index >= 15 is 0 Å². The fraction of sp³-hybridized carbons (Fsp3) is 0.643. The summed E-state index contributed by atoms with van der Waals surface area (Å²) in [7, 11) is 2.08. The van der Waals surface area contributed by atoms with E-state index in [1.807, 2.05) is 25.3 Å². The minimum atomic E-state index is -0.441. The molecule has 0 aromatic carbocycles. The summed E-state index contributed by atoms with van der Waals surface area (Å²) in [4.78, 5) is 6.52. The third kappa shape index (κ3) is 4.00. The molecular formula is C14H24N2O. The molecule has 0 bridgehead atoms. The molecule has 17 heavy (non-hydrogen) atoms. The predicted octanol–water partition coefficient (Wildman–Crippen LogP) is 3.01. The van der Waals surface area contributed by atoms with Crippen molar-refractivity contribution in [3.05, 3.63) is 24.0 Å². The highest BCUT2D eigenvalue weighted by Crippen LogP contribution is 2.18. The minimum absolute atomic E-state index is 0.441. The van der Waals surface area contributed by atoms with E-state index in [4.69, 9.17) is 0 Å². The van der Waals surface area contributed by atoms with Gasteiger partial charge in [-0.25, -0.2) is 0 Å². The van der Waals surface area contributed by atoms with Crippen molar-refractivity contribution >= 4 is 5.69 Å². The molecule has 0 aliphatic rings. The van der Waals surface area contributed by atoms with Crippen LogP contribution < -0.4 is 4.90 Å². The van der Waals surface area contributed by atoms with E-state index in [2.05, 4.69) is 30.8 Å². The predicted molar refractivity (Wildman–Crippen MR) is 72.2 cm³/mol. The van der Waals surface area contributed by atoms with Gasteiger partial charge < -0.3 is 10.0 Å². The van der Waals surface area contributed by atoms with Gasteiger partial charge in [-0.15, -0.1) is 0 Å². The van der Waals surface area contributed by atoms with Gasteiger partial charge in [0.25, 0.3) is 0 Å². The molecule has 0 fully saturated rings. The fourth-order valence-electron chi connectivity index (χ4n) is 1.73. The molecule has 1 heterocycles. The van der Waals surface area contributed by atoms with Gasteiger partial charge in [0.15, 0.2) is 0 Å². The van der Waals surface area contributed by atoms with Crippen molar-refractivity contribution in [3.63, 3.8) is 0 Å².